The van der Waals surface area contributed by atoms with Crippen molar-refractivity contribution in [2.24, 2.45) is 0 Å². The molecule has 1 aliphatic rings. The van der Waals surface area contributed by atoms with Crippen LogP contribution < -0.4 is 5.73 Å². The van der Waals surface area contributed by atoms with Gasteiger partial charge in [0.2, 0.25) is 0 Å². The Bertz CT molecular complexity index is 606. The number of aliphatic hydroxyl groups is 2. The van der Waals surface area contributed by atoms with Gasteiger partial charge in [-0.3, -0.25) is 4.57 Å². The molecule has 4 unspecified atom stereocenters. The van der Waals surface area contributed by atoms with E-state index in [1.165, 1.54) is 17.2 Å². The van der Waals surface area contributed by atoms with Crippen LogP contribution in [0.3, 0.4) is 0 Å². The minimum Gasteiger partial charge on any atom is -0.394 e. The van der Waals surface area contributed by atoms with Crippen LogP contribution >= 0.6 is 0 Å². The third kappa shape index (κ3) is 1.74. The van der Waals surface area contributed by atoms with Gasteiger partial charge in [0.05, 0.1) is 12.9 Å². The molecule has 0 aliphatic carbocycles. The van der Waals surface area contributed by atoms with E-state index < -0.39 is 31.2 Å². The standard InChI is InChI=1S/C10H12FN5O3/c11-5-4(1-17)19-10(7(5)18)16-3-15-6-8(12)13-2-14-9(6)16/h2-5,7,10,17-18H,1H2,(H2,12,13,14). The zero-order valence-corrected chi connectivity index (χ0v) is 9.72. The highest BCUT2D eigenvalue weighted by Crippen LogP contribution is 2.33. The quantitative estimate of drug-likeness (QED) is 0.639. The fraction of sp³-hybridized carbons (Fsp3) is 0.500. The van der Waals surface area contributed by atoms with Crippen LogP contribution in [0, 0.1) is 0 Å². The van der Waals surface area contributed by atoms with Gasteiger partial charge in [0.25, 0.3) is 0 Å². The molecule has 0 spiro atoms. The molecule has 0 saturated carbocycles. The lowest BCUT2D eigenvalue weighted by Crippen LogP contribution is -2.29. The molecule has 8 nitrogen and oxygen atoms in total. The smallest absolute Gasteiger partial charge is 0.167 e. The maximum absolute atomic E-state index is 13.7. The predicted octanol–water partition coefficient (Wildman–Crippen LogP) is -1.00. The summed E-state index contributed by atoms with van der Waals surface area (Å²) in [6, 6.07) is 0. The first-order valence-corrected chi connectivity index (χ1v) is 5.65. The minimum absolute atomic E-state index is 0.187. The van der Waals surface area contributed by atoms with Gasteiger partial charge in [-0.25, -0.2) is 19.3 Å². The van der Waals surface area contributed by atoms with Crippen molar-refractivity contribution in [1.82, 2.24) is 19.5 Å². The van der Waals surface area contributed by atoms with Crippen molar-refractivity contribution in [1.29, 1.82) is 0 Å². The SMILES string of the molecule is Nc1ncnc2c1ncn2C1OC(CO)C(F)C1O. The van der Waals surface area contributed by atoms with Gasteiger partial charge in [-0.1, -0.05) is 0 Å². The van der Waals surface area contributed by atoms with E-state index in [2.05, 4.69) is 15.0 Å². The number of hydrogen-bond donors (Lipinski definition) is 3. The summed E-state index contributed by atoms with van der Waals surface area (Å²) in [7, 11) is 0. The number of hydrogen-bond acceptors (Lipinski definition) is 7. The van der Waals surface area contributed by atoms with E-state index in [9.17, 15) is 9.50 Å². The Morgan fingerprint density at radius 2 is 2.21 bits per heavy atom. The number of alkyl halides is 1. The molecule has 4 atom stereocenters. The number of ether oxygens (including phenoxy) is 1. The predicted molar refractivity (Wildman–Crippen MR) is 61.6 cm³/mol. The van der Waals surface area contributed by atoms with Crippen molar-refractivity contribution in [2.75, 3.05) is 12.3 Å². The van der Waals surface area contributed by atoms with Crippen LogP contribution in [0.5, 0.6) is 0 Å². The molecule has 4 N–H and O–H groups in total. The van der Waals surface area contributed by atoms with E-state index in [-0.39, 0.29) is 5.82 Å². The second kappa shape index (κ2) is 4.37. The molecule has 9 heteroatoms. The molecule has 0 aromatic carbocycles. The molecular formula is C10H12FN5O3. The normalized spacial score (nSPS) is 31.1. The molecule has 0 bridgehead atoms. The minimum atomic E-state index is -1.67. The van der Waals surface area contributed by atoms with Crippen molar-refractivity contribution in [2.45, 2.75) is 24.6 Å². The number of nitrogens with two attached hydrogens (primary N) is 1. The van der Waals surface area contributed by atoms with Crippen LogP contribution in [0.15, 0.2) is 12.7 Å². The van der Waals surface area contributed by atoms with Crippen LogP contribution in [0.2, 0.25) is 0 Å². The lowest BCUT2D eigenvalue weighted by molar-refractivity contribution is -0.0495. The van der Waals surface area contributed by atoms with E-state index in [1.807, 2.05) is 0 Å². The van der Waals surface area contributed by atoms with Crippen molar-refractivity contribution in [3.05, 3.63) is 12.7 Å². The highest BCUT2D eigenvalue weighted by Gasteiger charge is 2.45. The highest BCUT2D eigenvalue weighted by atomic mass is 19.1. The van der Waals surface area contributed by atoms with Gasteiger partial charge in [-0.15, -0.1) is 0 Å². The average molecular weight is 269 g/mol. The van der Waals surface area contributed by atoms with Crippen LogP contribution in [0.1, 0.15) is 6.23 Å². The Morgan fingerprint density at radius 1 is 1.42 bits per heavy atom. The summed E-state index contributed by atoms with van der Waals surface area (Å²) >= 11 is 0. The van der Waals surface area contributed by atoms with Crippen LogP contribution in [-0.2, 0) is 4.74 Å². The number of rotatable bonds is 2. The summed E-state index contributed by atoms with van der Waals surface area (Å²) in [6.07, 6.45) is -2.58. The van der Waals surface area contributed by atoms with E-state index in [0.29, 0.717) is 11.2 Å². The third-order valence-corrected chi connectivity index (χ3v) is 3.13. The molecule has 1 saturated heterocycles. The molecular weight excluding hydrogens is 257 g/mol. The number of nitrogen functional groups attached to an aromatic ring is 1. The number of imidazole rings is 1. The van der Waals surface area contributed by atoms with Crippen LogP contribution in [0.25, 0.3) is 11.2 Å². The Hall–Kier alpha value is -1.84. The van der Waals surface area contributed by atoms with Gasteiger partial charge in [0.1, 0.15) is 24.1 Å². The van der Waals surface area contributed by atoms with Gasteiger partial charge in [0, 0.05) is 0 Å². The van der Waals surface area contributed by atoms with Gasteiger partial charge < -0.3 is 20.7 Å². The molecule has 0 amide bonds. The topological polar surface area (TPSA) is 119 Å². The first-order chi connectivity index (χ1) is 9.13. The van der Waals surface area contributed by atoms with Crippen molar-refractivity contribution >= 4 is 17.0 Å². The highest BCUT2D eigenvalue weighted by molar-refractivity contribution is 5.81. The van der Waals surface area contributed by atoms with Crippen LogP contribution in [0.4, 0.5) is 10.2 Å². The summed E-state index contributed by atoms with van der Waals surface area (Å²) in [5, 5.41) is 18.8. The van der Waals surface area contributed by atoms with Gasteiger partial charge in [0.15, 0.2) is 23.9 Å². The molecule has 3 heterocycles. The van der Waals surface area contributed by atoms with Gasteiger partial charge in [-0.05, 0) is 0 Å². The number of anilines is 1. The largest absolute Gasteiger partial charge is 0.394 e. The van der Waals surface area contributed by atoms with Gasteiger partial charge >= 0.3 is 0 Å². The summed E-state index contributed by atoms with van der Waals surface area (Å²) in [5.74, 6) is 0.187. The van der Waals surface area contributed by atoms with E-state index in [1.54, 1.807) is 0 Å². The molecule has 3 rings (SSSR count). The fourth-order valence-electron chi connectivity index (χ4n) is 2.14. The number of nitrogens with zero attached hydrogens (tertiary/aromatic N) is 4. The number of aromatic nitrogens is 4. The first kappa shape index (κ1) is 12.2. The maximum atomic E-state index is 13.7. The summed E-state index contributed by atoms with van der Waals surface area (Å²) in [5.41, 5.74) is 6.32. The van der Waals surface area contributed by atoms with Crippen molar-refractivity contribution < 1.29 is 19.3 Å². The molecule has 102 valence electrons. The molecule has 19 heavy (non-hydrogen) atoms. The second-order valence-electron chi connectivity index (χ2n) is 4.27. The number of aliphatic hydroxyl groups excluding tert-OH is 2. The van der Waals surface area contributed by atoms with E-state index in [0.717, 1.165) is 0 Å². The second-order valence-corrected chi connectivity index (χ2v) is 4.27. The maximum Gasteiger partial charge on any atom is 0.167 e. The molecule has 2 aromatic heterocycles. The molecule has 2 aromatic rings. The van der Waals surface area contributed by atoms with E-state index >= 15 is 0 Å². The zero-order chi connectivity index (χ0) is 13.6. The first-order valence-electron chi connectivity index (χ1n) is 5.65. The Morgan fingerprint density at radius 3 is 2.89 bits per heavy atom. The third-order valence-electron chi connectivity index (χ3n) is 3.13. The lowest BCUT2D eigenvalue weighted by Gasteiger charge is -2.15. The average Bonchev–Trinajstić information content (AvgIpc) is 2.94. The van der Waals surface area contributed by atoms with E-state index in [4.69, 9.17) is 15.6 Å². The lowest BCUT2D eigenvalue weighted by atomic mass is 10.1. The molecule has 0 radical (unpaired) electrons. The number of fused-ring (bicyclic) bond motifs is 1. The van der Waals surface area contributed by atoms with Gasteiger partial charge in [-0.2, -0.15) is 0 Å². The van der Waals surface area contributed by atoms with Crippen LogP contribution in [-0.4, -0.2) is 54.7 Å². The number of halogens is 1. The van der Waals surface area contributed by atoms with Crippen molar-refractivity contribution in [3.8, 4) is 0 Å². The molecule has 1 fully saturated rings. The summed E-state index contributed by atoms with van der Waals surface area (Å²) in [6.45, 7) is -0.515. The molecule has 1 aliphatic heterocycles. The monoisotopic (exact) mass is 269 g/mol. The summed E-state index contributed by atoms with van der Waals surface area (Å²) in [4.78, 5) is 11.8. The Labute approximate surface area is 106 Å². The zero-order valence-electron chi connectivity index (χ0n) is 9.72. The summed E-state index contributed by atoms with van der Waals surface area (Å²) < 4.78 is 20.3. The van der Waals surface area contributed by atoms with Crippen molar-refractivity contribution in [3.63, 3.8) is 0 Å². The Kier molecular flexibility index (Phi) is 2.81. The fourth-order valence-corrected chi connectivity index (χ4v) is 2.14. The Balaban J connectivity index is 2.04.